The number of carbonyl (C=O) groups is 2. The van der Waals surface area contributed by atoms with Gasteiger partial charge in [0.2, 0.25) is 0 Å². The minimum Gasteiger partial charge on any atom is -0.489 e. The summed E-state index contributed by atoms with van der Waals surface area (Å²) in [5.41, 5.74) is 6.54. The summed E-state index contributed by atoms with van der Waals surface area (Å²) >= 11 is 0. The third-order valence-electron chi connectivity index (χ3n) is 6.92. The SMILES string of the molecule is CN(C)c1ccc(C(=O)CNCc2cc(CNCC(=O)c3ccc(N(C)C)cc3)cc(OCc3ccccc3)c2)cc1. The predicted octanol–water partition coefficient (Wildman–Crippen LogP) is 5.34. The minimum atomic E-state index is 0.0378. The quantitative estimate of drug-likeness (QED) is 0.189. The maximum atomic E-state index is 12.7. The molecule has 0 aliphatic heterocycles. The Morgan fingerprint density at radius 3 is 1.48 bits per heavy atom. The zero-order valence-corrected chi connectivity index (χ0v) is 24.9. The molecule has 4 aromatic rings. The lowest BCUT2D eigenvalue weighted by atomic mass is 10.1. The first-order chi connectivity index (χ1) is 20.3. The molecule has 218 valence electrons. The molecule has 7 nitrogen and oxygen atoms in total. The maximum absolute atomic E-state index is 12.7. The molecule has 0 spiro atoms. The zero-order chi connectivity index (χ0) is 29.9. The fraction of sp³-hybridized carbons (Fsp3) is 0.257. The van der Waals surface area contributed by atoms with Gasteiger partial charge in [-0.05, 0) is 77.4 Å². The lowest BCUT2D eigenvalue weighted by Gasteiger charge is -2.14. The van der Waals surface area contributed by atoms with E-state index in [4.69, 9.17) is 4.74 Å². The number of hydrogen-bond acceptors (Lipinski definition) is 7. The van der Waals surface area contributed by atoms with Crippen molar-refractivity contribution in [2.75, 3.05) is 51.1 Å². The summed E-state index contributed by atoms with van der Waals surface area (Å²) in [5, 5.41) is 6.56. The highest BCUT2D eigenvalue weighted by atomic mass is 16.5. The van der Waals surface area contributed by atoms with Crippen molar-refractivity contribution in [3.05, 3.63) is 125 Å². The summed E-state index contributed by atoms with van der Waals surface area (Å²) < 4.78 is 6.13. The molecule has 0 aliphatic rings. The molecule has 42 heavy (non-hydrogen) atoms. The van der Waals surface area contributed by atoms with Crippen LogP contribution in [0.3, 0.4) is 0 Å². The molecule has 0 aromatic heterocycles. The molecular weight excluding hydrogens is 524 g/mol. The molecule has 0 saturated carbocycles. The Morgan fingerprint density at radius 2 is 1.05 bits per heavy atom. The van der Waals surface area contributed by atoms with Gasteiger partial charge in [-0.2, -0.15) is 0 Å². The van der Waals surface area contributed by atoms with E-state index in [9.17, 15) is 9.59 Å². The third-order valence-corrected chi connectivity index (χ3v) is 6.92. The van der Waals surface area contributed by atoms with Crippen LogP contribution in [0.5, 0.6) is 5.75 Å². The zero-order valence-electron chi connectivity index (χ0n) is 24.9. The van der Waals surface area contributed by atoms with E-state index in [1.54, 1.807) is 0 Å². The molecule has 0 aliphatic carbocycles. The van der Waals surface area contributed by atoms with Crippen molar-refractivity contribution >= 4 is 22.9 Å². The second-order valence-electron chi connectivity index (χ2n) is 10.7. The van der Waals surface area contributed by atoms with Crippen LogP contribution in [0.2, 0.25) is 0 Å². The molecule has 0 atom stereocenters. The van der Waals surface area contributed by atoms with Crippen LogP contribution in [0.4, 0.5) is 11.4 Å². The molecule has 4 rings (SSSR count). The number of rotatable bonds is 15. The van der Waals surface area contributed by atoms with Crippen LogP contribution in [0.1, 0.15) is 37.4 Å². The molecule has 0 amide bonds. The number of ether oxygens (including phenoxy) is 1. The molecule has 4 aromatic carbocycles. The molecule has 0 saturated heterocycles. The minimum absolute atomic E-state index is 0.0378. The first kappa shape index (κ1) is 30.5. The first-order valence-corrected chi connectivity index (χ1v) is 14.1. The highest BCUT2D eigenvalue weighted by molar-refractivity contribution is 5.98. The fourth-order valence-corrected chi connectivity index (χ4v) is 4.49. The Hall–Kier alpha value is -4.46. The highest BCUT2D eigenvalue weighted by Crippen LogP contribution is 2.20. The van der Waals surface area contributed by atoms with E-state index in [1.165, 1.54) is 0 Å². The summed E-state index contributed by atoms with van der Waals surface area (Å²) in [7, 11) is 7.90. The van der Waals surface area contributed by atoms with Crippen molar-refractivity contribution < 1.29 is 14.3 Å². The number of ketones is 2. The van der Waals surface area contributed by atoms with Gasteiger partial charge in [0.15, 0.2) is 11.6 Å². The number of nitrogens with one attached hydrogen (secondary N) is 2. The normalized spacial score (nSPS) is 10.8. The molecule has 0 bridgehead atoms. The Bertz CT molecular complexity index is 1360. The van der Waals surface area contributed by atoms with Gasteiger partial charge in [-0.1, -0.05) is 36.4 Å². The van der Waals surface area contributed by atoms with E-state index in [2.05, 4.69) is 16.7 Å². The summed E-state index contributed by atoms with van der Waals surface area (Å²) in [5.74, 6) is 0.817. The molecule has 2 N–H and O–H groups in total. The first-order valence-electron chi connectivity index (χ1n) is 14.1. The lowest BCUT2D eigenvalue weighted by Crippen LogP contribution is -2.24. The van der Waals surface area contributed by atoms with Gasteiger partial charge in [-0.25, -0.2) is 0 Å². The third kappa shape index (κ3) is 9.03. The van der Waals surface area contributed by atoms with Gasteiger partial charge in [0.1, 0.15) is 12.4 Å². The maximum Gasteiger partial charge on any atom is 0.176 e. The predicted molar refractivity (Wildman–Crippen MR) is 171 cm³/mol. The average molecular weight is 565 g/mol. The highest BCUT2D eigenvalue weighted by Gasteiger charge is 2.10. The van der Waals surface area contributed by atoms with Crippen LogP contribution in [0, 0.1) is 0 Å². The average Bonchev–Trinajstić information content (AvgIpc) is 3.00. The summed E-state index contributed by atoms with van der Waals surface area (Å²) in [6.45, 7) is 1.92. The van der Waals surface area contributed by atoms with E-state index < -0.39 is 0 Å². The number of benzene rings is 4. The summed E-state index contributed by atoms with van der Waals surface area (Å²) in [4.78, 5) is 29.5. The van der Waals surface area contributed by atoms with Crippen LogP contribution in [0.25, 0.3) is 0 Å². The van der Waals surface area contributed by atoms with Crippen molar-refractivity contribution in [2.24, 2.45) is 0 Å². The number of hydrogen-bond donors (Lipinski definition) is 2. The van der Waals surface area contributed by atoms with Crippen molar-refractivity contribution in [1.82, 2.24) is 10.6 Å². The Kier molecular flexibility index (Phi) is 10.9. The van der Waals surface area contributed by atoms with Crippen molar-refractivity contribution in [3.8, 4) is 5.75 Å². The van der Waals surface area contributed by atoms with Gasteiger partial charge in [0.25, 0.3) is 0 Å². The monoisotopic (exact) mass is 564 g/mol. The molecule has 0 heterocycles. The Labute approximate surface area is 249 Å². The van der Waals surface area contributed by atoms with E-state index in [0.717, 1.165) is 33.8 Å². The number of carbonyl (C=O) groups excluding carboxylic acids is 2. The van der Waals surface area contributed by atoms with E-state index in [-0.39, 0.29) is 24.7 Å². The van der Waals surface area contributed by atoms with E-state index >= 15 is 0 Å². The number of Topliss-reactive ketones (excluding diaryl/α,β-unsaturated/α-hetero) is 2. The topological polar surface area (TPSA) is 73.9 Å². The molecule has 0 radical (unpaired) electrons. The van der Waals surface area contributed by atoms with E-state index in [0.29, 0.717) is 30.8 Å². The smallest absolute Gasteiger partial charge is 0.176 e. The van der Waals surface area contributed by atoms with Crippen molar-refractivity contribution in [1.29, 1.82) is 0 Å². The largest absolute Gasteiger partial charge is 0.489 e. The van der Waals surface area contributed by atoms with Crippen molar-refractivity contribution in [3.63, 3.8) is 0 Å². The molecule has 0 fully saturated rings. The van der Waals surface area contributed by atoms with E-state index in [1.807, 2.05) is 129 Å². The summed E-state index contributed by atoms with van der Waals surface area (Å²) in [6, 6.07) is 31.3. The second kappa shape index (κ2) is 15.0. The van der Waals surface area contributed by atoms with Crippen LogP contribution in [0.15, 0.2) is 97.1 Å². The molecule has 7 heteroatoms. The van der Waals surface area contributed by atoms with Gasteiger partial charge in [0, 0.05) is 63.8 Å². The summed E-state index contributed by atoms with van der Waals surface area (Å²) in [6.07, 6.45) is 0. The van der Waals surface area contributed by atoms with Gasteiger partial charge >= 0.3 is 0 Å². The fourth-order valence-electron chi connectivity index (χ4n) is 4.49. The van der Waals surface area contributed by atoms with Gasteiger partial charge in [-0.15, -0.1) is 0 Å². The van der Waals surface area contributed by atoms with Crippen molar-refractivity contribution in [2.45, 2.75) is 19.7 Å². The van der Waals surface area contributed by atoms with Gasteiger partial charge < -0.3 is 25.2 Å². The molecule has 0 unspecified atom stereocenters. The van der Waals surface area contributed by atoms with Gasteiger partial charge in [0.05, 0.1) is 13.1 Å². The standard InChI is InChI=1S/C35H40N4O3/c1-38(2)31-14-10-29(11-15-31)34(40)23-36-21-27-18-28(20-33(19-27)42-25-26-8-6-5-7-9-26)22-37-24-35(41)30-12-16-32(17-13-30)39(3)4/h5-20,36-37H,21-25H2,1-4H3. The Morgan fingerprint density at radius 1 is 0.595 bits per heavy atom. The number of nitrogens with zero attached hydrogens (tertiary/aromatic N) is 2. The lowest BCUT2D eigenvalue weighted by molar-refractivity contribution is 0.0983. The Balaban J connectivity index is 1.37. The van der Waals surface area contributed by atoms with Crippen LogP contribution in [-0.2, 0) is 19.7 Å². The van der Waals surface area contributed by atoms with Crippen LogP contribution < -0.4 is 25.2 Å². The van der Waals surface area contributed by atoms with Crippen LogP contribution >= 0.6 is 0 Å². The van der Waals surface area contributed by atoms with Crippen LogP contribution in [-0.4, -0.2) is 52.8 Å². The van der Waals surface area contributed by atoms with Gasteiger partial charge in [-0.3, -0.25) is 9.59 Å². The second-order valence-corrected chi connectivity index (χ2v) is 10.7. The number of anilines is 2. The molecular formula is C35H40N4O3.